The molecule has 5 heteroatoms. The third-order valence-electron chi connectivity index (χ3n) is 2.36. The summed E-state index contributed by atoms with van der Waals surface area (Å²) in [5, 5.41) is 2.10. The molecule has 0 amide bonds. The molecule has 2 N–H and O–H groups in total. The highest BCUT2D eigenvalue weighted by molar-refractivity contribution is 6.47. The first-order chi connectivity index (χ1) is 7.54. The molecule has 2 nitrogen and oxygen atoms in total. The van der Waals surface area contributed by atoms with Crippen LogP contribution in [-0.4, -0.2) is 4.98 Å². The lowest BCUT2D eigenvalue weighted by atomic mass is 10.1. The number of hydrogen-bond donors (Lipinski definition) is 1. The second-order valence-electron chi connectivity index (χ2n) is 3.50. The maximum absolute atomic E-state index is 6.15. The lowest BCUT2D eigenvalue weighted by Crippen LogP contribution is -2.00. The molecule has 0 atom stereocenters. The fourth-order valence-corrected chi connectivity index (χ4v) is 2.45. The summed E-state index contributed by atoms with van der Waals surface area (Å²) in [5.74, 6) is 0. The monoisotopic (exact) mass is 274 g/mol. The zero-order chi connectivity index (χ0) is 11.9. The predicted octanol–water partition coefficient (Wildman–Crippen LogP) is 3.96. The van der Waals surface area contributed by atoms with Gasteiger partial charge in [-0.1, -0.05) is 34.8 Å². The Labute approximate surface area is 108 Å². The summed E-state index contributed by atoms with van der Waals surface area (Å²) in [4.78, 5) is 4.36. The number of aryl methyl sites for hydroxylation is 1. The number of fused-ring (bicyclic) bond motifs is 1. The zero-order valence-electron chi connectivity index (χ0n) is 8.52. The van der Waals surface area contributed by atoms with Gasteiger partial charge in [0, 0.05) is 17.6 Å². The molecule has 2 aromatic rings. The Morgan fingerprint density at radius 3 is 2.50 bits per heavy atom. The van der Waals surface area contributed by atoms with Gasteiger partial charge >= 0.3 is 0 Å². The molecule has 84 valence electrons. The maximum Gasteiger partial charge on any atom is 0.0910 e. The van der Waals surface area contributed by atoms with Crippen LogP contribution in [0.15, 0.2) is 12.1 Å². The molecule has 0 bridgehead atoms. The van der Waals surface area contributed by atoms with Crippen molar-refractivity contribution in [3.63, 3.8) is 0 Å². The molecule has 0 radical (unpaired) electrons. The number of hydrogen-bond acceptors (Lipinski definition) is 2. The molecule has 0 fully saturated rings. The van der Waals surface area contributed by atoms with Crippen LogP contribution in [0.2, 0.25) is 15.1 Å². The zero-order valence-corrected chi connectivity index (χ0v) is 10.8. The van der Waals surface area contributed by atoms with E-state index in [2.05, 4.69) is 4.98 Å². The Morgan fingerprint density at radius 1 is 1.19 bits per heavy atom. The van der Waals surface area contributed by atoms with Crippen molar-refractivity contribution >= 4 is 45.7 Å². The molecule has 1 aromatic heterocycles. The number of aromatic nitrogens is 1. The summed E-state index contributed by atoms with van der Waals surface area (Å²) >= 11 is 18.2. The van der Waals surface area contributed by atoms with E-state index in [0.717, 1.165) is 16.6 Å². The average Bonchev–Trinajstić information content (AvgIpc) is 2.25. The molecular weight excluding hydrogens is 266 g/mol. The van der Waals surface area contributed by atoms with Crippen molar-refractivity contribution in [3.05, 3.63) is 38.5 Å². The molecule has 0 saturated heterocycles. The topological polar surface area (TPSA) is 38.9 Å². The van der Waals surface area contributed by atoms with Gasteiger partial charge in [-0.25, -0.2) is 0 Å². The smallest absolute Gasteiger partial charge is 0.0910 e. The first-order valence-electron chi connectivity index (χ1n) is 4.68. The van der Waals surface area contributed by atoms with Crippen molar-refractivity contribution in [2.24, 2.45) is 5.73 Å². The van der Waals surface area contributed by atoms with Gasteiger partial charge in [0.15, 0.2) is 0 Å². The van der Waals surface area contributed by atoms with Gasteiger partial charge in [-0.3, -0.25) is 4.98 Å². The maximum atomic E-state index is 6.15. The van der Waals surface area contributed by atoms with Crippen molar-refractivity contribution in [1.29, 1.82) is 0 Å². The van der Waals surface area contributed by atoms with Crippen molar-refractivity contribution in [1.82, 2.24) is 4.98 Å². The molecule has 1 heterocycles. The summed E-state index contributed by atoms with van der Waals surface area (Å²) in [6.07, 6.45) is 0. The van der Waals surface area contributed by atoms with Crippen molar-refractivity contribution in [2.45, 2.75) is 13.5 Å². The number of benzene rings is 1. The van der Waals surface area contributed by atoms with E-state index in [1.165, 1.54) is 0 Å². The van der Waals surface area contributed by atoms with Crippen LogP contribution in [-0.2, 0) is 6.54 Å². The lowest BCUT2D eigenvalue weighted by molar-refractivity contribution is 1.07. The molecule has 1 aromatic carbocycles. The van der Waals surface area contributed by atoms with Crippen LogP contribution in [0.5, 0.6) is 0 Å². The SMILES string of the molecule is Cc1cc(CN)c2c(Cl)c(Cl)cc(Cl)c2n1. The van der Waals surface area contributed by atoms with E-state index in [9.17, 15) is 0 Å². The third kappa shape index (κ3) is 1.87. The van der Waals surface area contributed by atoms with Crippen LogP contribution in [0.1, 0.15) is 11.3 Å². The molecule has 2 rings (SSSR count). The fourth-order valence-electron chi connectivity index (χ4n) is 1.68. The Kier molecular flexibility index (Phi) is 3.27. The minimum absolute atomic E-state index is 0.371. The first kappa shape index (κ1) is 11.9. The van der Waals surface area contributed by atoms with E-state index in [1.54, 1.807) is 6.07 Å². The van der Waals surface area contributed by atoms with Crippen molar-refractivity contribution < 1.29 is 0 Å². The van der Waals surface area contributed by atoms with Gasteiger partial charge in [0.1, 0.15) is 0 Å². The quantitative estimate of drug-likeness (QED) is 0.800. The molecule has 0 aliphatic carbocycles. The number of nitrogens with two attached hydrogens (primary N) is 1. The van der Waals surface area contributed by atoms with E-state index < -0.39 is 0 Å². The second-order valence-corrected chi connectivity index (χ2v) is 4.70. The number of rotatable bonds is 1. The van der Waals surface area contributed by atoms with Crippen LogP contribution < -0.4 is 5.73 Å². The van der Waals surface area contributed by atoms with Crippen molar-refractivity contribution in [3.8, 4) is 0 Å². The van der Waals surface area contributed by atoms with Crippen LogP contribution >= 0.6 is 34.8 Å². The van der Waals surface area contributed by atoms with Gasteiger partial charge < -0.3 is 5.73 Å². The van der Waals surface area contributed by atoms with Gasteiger partial charge in [-0.2, -0.15) is 0 Å². The van der Waals surface area contributed by atoms with E-state index in [4.69, 9.17) is 40.5 Å². The highest BCUT2D eigenvalue weighted by Crippen LogP contribution is 2.36. The minimum atomic E-state index is 0.371. The van der Waals surface area contributed by atoms with Crippen molar-refractivity contribution in [2.75, 3.05) is 0 Å². The number of halogens is 3. The molecule has 0 unspecified atom stereocenters. The largest absolute Gasteiger partial charge is 0.326 e. The number of nitrogens with zero attached hydrogens (tertiary/aromatic N) is 1. The summed E-state index contributed by atoms with van der Waals surface area (Å²) in [6, 6.07) is 3.49. The molecule has 0 aliphatic rings. The summed E-state index contributed by atoms with van der Waals surface area (Å²) in [7, 11) is 0. The highest BCUT2D eigenvalue weighted by Gasteiger charge is 2.13. The first-order valence-corrected chi connectivity index (χ1v) is 5.81. The van der Waals surface area contributed by atoms with Crippen LogP contribution in [0, 0.1) is 6.92 Å². The Morgan fingerprint density at radius 2 is 1.88 bits per heavy atom. The van der Waals surface area contributed by atoms with Crippen LogP contribution in [0.4, 0.5) is 0 Å². The third-order valence-corrected chi connectivity index (χ3v) is 3.43. The Hall–Kier alpha value is -0.540. The highest BCUT2D eigenvalue weighted by atomic mass is 35.5. The lowest BCUT2D eigenvalue weighted by Gasteiger charge is -2.10. The standard InChI is InChI=1S/C11H9Cl3N2/c1-5-2-6(4-15)9-10(14)7(12)3-8(13)11(9)16-5/h2-3H,4,15H2,1H3. The normalized spacial score (nSPS) is 11.1. The van der Waals surface area contributed by atoms with Gasteiger partial charge in [-0.15, -0.1) is 0 Å². The van der Waals surface area contributed by atoms with Gasteiger partial charge in [-0.05, 0) is 24.6 Å². The van der Waals surface area contributed by atoms with Gasteiger partial charge in [0.25, 0.3) is 0 Å². The molecule has 0 saturated carbocycles. The second kappa shape index (κ2) is 4.38. The van der Waals surface area contributed by atoms with E-state index >= 15 is 0 Å². The predicted molar refractivity (Wildman–Crippen MR) is 69.4 cm³/mol. The van der Waals surface area contributed by atoms with Gasteiger partial charge in [0.2, 0.25) is 0 Å². The van der Waals surface area contributed by atoms with E-state index in [-0.39, 0.29) is 0 Å². The molecule has 16 heavy (non-hydrogen) atoms. The van der Waals surface area contributed by atoms with Crippen LogP contribution in [0.3, 0.4) is 0 Å². The number of pyridine rings is 1. The summed E-state index contributed by atoms with van der Waals surface area (Å²) < 4.78 is 0. The van der Waals surface area contributed by atoms with E-state index in [1.807, 2.05) is 13.0 Å². The molecular formula is C11H9Cl3N2. The summed E-state index contributed by atoms with van der Waals surface area (Å²) in [5.41, 5.74) is 8.09. The fraction of sp³-hybridized carbons (Fsp3) is 0.182. The molecule has 0 spiro atoms. The molecule has 0 aliphatic heterocycles. The minimum Gasteiger partial charge on any atom is -0.326 e. The Bertz CT molecular complexity index is 567. The Balaban J connectivity index is 2.99. The van der Waals surface area contributed by atoms with Crippen LogP contribution in [0.25, 0.3) is 10.9 Å². The van der Waals surface area contributed by atoms with E-state index in [0.29, 0.717) is 27.1 Å². The van der Waals surface area contributed by atoms with Gasteiger partial charge in [0.05, 0.1) is 20.6 Å². The summed E-state index contributed by atoms with van der Waals surface area (Å²) in [6.45, 7) is 2.26. The average molecular weight is 276 g/mol.